The second-order valence-corrected chi connectivity index (χ2v) is 5.90. The zero-order valence-corrected chi connectivity index (χ0v) is 12.3. The van der Waals surface area contributed by atoms with Crippen molar-refractivity contribution in [3.63, 3.8) is 0 Å². The van der Waals surface area contributed by atoms with Crippen LogP contribution in [0.3, 0.4) is 0 Å². The van der Waals surface area contributed by atoms with Gasteiger partial charge in [-0.2, -0.15) is 5.10 Å². The van der Waals surface area contributed by atoms with E-state index in [2.05, 4.69) is 30.8 Å². The van der Waals surface area contributed by atoms with Crippen molar-refractivity contribution in [3.05, 3.63) is 17.0 Å². The number of nitrogens with zero attached hydrogens (tertiary/aromatic N) is 2. The smallest absolute Gasteiger partial charge is 0.0628 e. The summed E-state index contributed by atoms with van der Waals surface area (Å²) in [6.07, 6.45) is 6.51. The Morgan fingerprint density at radius 3 is 2.61 bits per heavy atom. The van der Waals surface area contributed by atoms with Crippen LogP contribution in [0.4, 0.5) is 0 Å². The van der Waals surface area contributed by atoms with Crippen LogP contribution < -0.4 is 5.32 Å². The van der Waals surface area contributed by atoms with Gasteiger partial charge in [-0.1, -0.05) is 19.8 Å². The Hall–Kier alpha value is -0.830. The van der Waals surface area contributed by atoms with Gasteiger partial charge in [0, 0.05) is 5.69 Å². The molecule has 1 saturated carbocycles. The van der Waals surface area contributed by atoms with Crippen LogP contribution in [0.1, 0.15) is 55.6 Å². The van der Waals surface area contributed by atoms with E-state index in [9.17, 15) is 0 Å². The summed E-state index contributed by atoms with van der Waals surface area (Å²) in [7, 11) is 2.03. The molecule has 0 spiro atoms. The molecule has 1 aromatic rings. The number of nitrogens with one attached hydrogen (secondary N) is 1. The molecule has 0 saturated heterocycles. The molecule has 102 valence electrons. The normalized spacial score (nSPS) is 18.4. The van der Waals surface area contributed by atoms with Gasteiger partial charge in [-0.15, -0.1) is 0 Å². The molecule has 1 aliphatic carbocycles. The van der Waals surface area contributed by atoms with Crippen molar-refractivity contribution in [2.45, 2.75) is 58.9 Å². The van der Waals surface area contributed by atoms with E-state index in [0.717, 1.165) is 13.0 Å². The first-order valence-electron chi connectivity index (χ1n) is 7.32. The molecule has 3 nitrogen and oxygen atoms in total. The summed E-state index contributed by atoms with van der Waals surface area (Å²) in [5.74, 6) is 0.675. The van der Waals surface area contributed by atoms with Gasteiger partial charge in [0.2, 0.25) is 0 Å². The van der Waals surface area contributed by atoms with Gasteiger partial charge < -0.3 is 5.32 Å². The number of aryl methyl sites for hydroxylation is 1. The van der Waals surface area contributed by atoms with Gasteiger partial charge in [-0.25, -0.2) is 0 Å². The summed E-state index contributed by atoms with van der Waals surface area (Å²) in [6.45, 7) is 7.80. The second-order valence-electron chi connectivity index (χ2n) is 5.90. The molecule has 1 unspecified atom stereocenters. The van der Waals surface area contributed by atoms with Gasteiger partial charge in [0.15, 0.2) is 0 Å². The van der Waals surface area contributed by atoms with Crippen molar-refractivity contribution < 1.29 is 0 Å². The maximum absolute atomic E-state index is 4.80. The average Bonchev–Trinajstić information content (AvgIpc) is 2.93. The Labute approximate surface area is 111 Å². The van der Waals surface area contributed by atoms with Crippen LogP contribution in [0.15, 0.2) is 0 Å². The first kappa shape index (κ1) is 13.6. The maximum Gasteiger partial charge on any atom is 0.0628 e. The minimum atomic E-state index is 0.664. The van der Waals surface area contributed by atoms with Crippen molar-refractivity contribution in [2.75, 3.05) is 13.6 Å². The quantitative estimate of drug-likeness (QED) is 0.869. The minimum absolute atomic E-state index is 0.664. The van der Waals surface area contributed by atoms with E-state index in [1.54, 1.807) is 0 Å². The molecule has 0 aliphatic heterocycles. The number of rotatable bonds is 5. The van der Waals surface area contributed by atoms with Crippen molar-refractivity contribution in [1.82, 2.24) is 15.1 Å². The highest BCUT2D eigenvalue weighted by Gasteiger charge is 2.22. The fourth-order valence-corrected chi connectivity index (χ4v) is 3.27. The van der Waals surface area contributed by atoms with Crippen molar-refractivity contribution in [2.24, 2.45) is 5.92 Å². The lowest BCUT2D eigenvalue weighted by Gasteiger charge is -2.14. The third-order valence-corrected chi connectivity index (χ3v) is 4.25. The molecular formula is C15H27N3. The van der Waals surface area contributed by atoms with Gasteiger partial charge in [0.1, 0.15) is 0 Å². The van der Waals surface area contributed by atoms with Gasteiger partial charge in [-0.05, 0) is 58.2 Å². The Morgan fingerprint density at radius 2 is 2.00 bits per heavy atom. The van der Waals surface area contributed by atoms with E-state index < -0.39 is 0 Å². The first-order chi connectivity index (χ1) is 8.63. The van der Waals surface area contributed by atoms with Crippen molar-refractivity contribution in [1.29, 1.82) is 0 Å². The van der Waals surface area contributed by atoms with Crippen molar-refractivity contribution in [3.8, 4) is 0 Å². The largest absolute Gasteiger partial charge is 0.319 e. The van der Waals surface area contributed by atoms with Crippen LogP contribution in [0, 0.1) is 19.8 Å². The molecule has 18 heavy (non-hydrogen) atoms. The van der Waals surface area contributed by atoms with E-state index in [-0.39, 0.29) is 0 Å². The summed E-state index contributed by atoms with van der Waals surface area (Å²) in [5, 5.41) is 8.06. The van der Waals surface area contributed by atoms with Gasteiger partial charge in [-0.3, -0.25) is 4.68 Å². The number of hydrogen-bond donors (Lipinski definition) is 1. The molecule has 1 aliphatic rings. The summed E-state index contributed by atoms with van der Waals surface area (Å²) >= 11 is 0. The standard InChI is InChI=1S/C15H27N3/c1-11(10-16-4)9-15-12(2)17-18(13(15)3)14-7-5-6-8-14/h11,14,16H,5-10H2,1-4H3. The zero-order valence-electron chi connectivity index (χ0n) is 12.3. The highest BCUT2D eigenvalue weighted by atomic mass is 15.3. The molecule has 1 aromatic heterocycles. The lowest BCUT2D eigenvalue weighted by molar-refractivity contribution is 0.453. The fourth-order valence-electron chi connectivity index (χ4n) is 3.27. The predicted molar refractivity (Wildman–Crippen MR) is 76.0 cm³/mol. The number of hydrogen-bond acceptors (Lipinski definition) is 2. The highest BCUT2D eigenvalue weighted by Crippen LogP contribution is 2.31. The van der Waals surface area contributed by atoms with Gasteiger partial charge in [0.25, 0.3) is 0 Å². The van der Waals surface area contributed by atoms with Crippen LogP contribution in [-0.2, 0) is 6.42 Å². The highest BCUT2D eigenvalue weighted by molar-refractivity contribution is 5.25. The lowest BCUT2D eigenvalue weighted by atomic mass is 9.99. The summed E-state index contributed by atoms with van der Waals surface area (Å²) < 4.78 is 2.31. The van der Waals surface area contributed by atoms with Gasteiger partial charge in [0.05, 0.1) is 11.7 Å². The van der Waals surface area contributed by atoms with E-state index in [1.165, 1.54) is 42.6 Å². The summed E-state index contributed by atoms with van der Waals surface area (Å²) in [5.41, 5.74) is 4.12. The molecule has 2 rings (SSSR count). The van der Waals surface area contributed by atoms with Gasteiger partial charge >= 0.3 is 0 Å². The molecule has 0 bridgehead atoms. The SMILES string of the molecule is CNCC(C)Cc1c(C)nn(C2CCCC2)c1C. The maximum atomic E-state index is 4.80. The second kappa shape index (κ2) is 5.87. The monoisotopic (exact) mass is 249 g/mol. The molecule has 0 aromatic carbocycles. The Kier molecular flexibility index (Phi) is 4.44. The summed E-state index contributed by atoms with van der Waals surface area (Å²) in [4.78, 5) is 0. The average molecular weight is 249 g/mol. The third kappa shape index (κ3) is 2.77. The van der Waals surface area contributed by atoms with Crippen LogP contribution >= 0.6 is 0 Å². The van der Waals surface area contributed by atoms with Crippen LogP contribution in [0.5, 0.6) is 0 Å². The van der Waals surface area contributed by atoms with Crippen molar-refractivity contribution >= 4 is 0 Å². The molecule has 1 heterocycles. The lowest BCUT2D eigenvalue weighted by Crippen LogP contribution is -2.18. The molecule has 1 fully saturated rings. The molecule has 1 atom stereocenters. The molecule has 1 N–H and O–H groups in total. The first-order valence-corrected chi connectivity index (χ1v) is 7.32. The molecule has 0 amide bonds. The Morgan fingerprint density at radius 1 is 1.33 bits per heavy atom. The third-order valence-electron chi connectivity index (χ3n) is 4.25. The topological polar surface area (TPSA) is 29.9 Å². The Bertz CT molecular complexity index is 389. The molecular weight excluding hydrogens is 222 g/mol. The minimum Gasteiger partial charge on any atom is -0.319 e. The van der Waals surface area contributed by atoms with Crippen LogP contribution in [0.2, 0.25) is 0 Å². The zero-order chi connectivity index (χ0) is 13.1. The van der Waals surface area contributed by atoms with E-state index in [4.69, 9.17) is 5.10 Å². The number of aromatic nitrogens is 2. The van der Waals surface area contributed by atoms with Crippen LogP contribution in [0.25, 0.3) is 0 Å². The molecule has 0 radical (unpaired) electrons. The van der Waals surface area contributed by atoms with Crippen LogP contribution in [-0.4, -0.2) is 23.4 Å². The van der Waals surface area contributed by atoms with E-state index in [1.807, 2.05) is 7.05 Å². The Balaban J connectivity index is 2.15. The molecule has 3 heteroatoms. The van der Waals surface area contributed by atoms with E-state index in [0.29, 0.717) is 12.0 Å². The fraction of sp³-hybridized carbons (Fsp3) is 0.800. The predicted octanol–water partition coefficient (Wildman–Crippen LogP) is 3.01. The summed E-state index contributed by atoms with van der Waals surface area (Å²) in [6, 6.07) is 0.664. The van der Waals surface area contributed by atoms with E-state index >= 15 is 0 Å².